The SMILES string of the molecule is CCCCC(CCC)C1(C(CCCC)CCCC)CN1. The zero-order valence-electron chi connectivity index (χ0n) is 14.6. The van der Waals surface area contributed by atoms with Crippen molar-refractivity contribution in [3.8, 4) is 0 Å². The lowest BCUT2D eigenvalue weighted by Crippen LogP contribution is -2.36. The van der Waals surface area contributed by atoms with E-state index in [0.717, 1.165) is 11.8 Å². The second kappa shape index (κ2) is 9.82. The van der Waals surface area contributed by atoms with Crippen molar-refractivity contribution in [2.45, 2.75) is 104 Å². The van der Waals surface area contributed by atoms with Gasteiger partial charge in [0.1, 0.15) is 0 Å². The molecule has 1 aliphatic heterocycles. The first-order chi connectivity index (χ1) is 9.75. The lowest BCUT2D eigenvalue weighted by molar-refractivity contribution is 0.216. The second-order valence-electron chi connectivity index (χ2n) is 7.00. The number of nitrogens with one attached hydrogen (secondary N) is 1. The smallest absolute Gasteiger partial charge is 0.0363 e. The van der Waals surface area contributed by atoms with Crippen LogP contribution in [0.4, 0.5) is 0 Å². The van der Waals surface area contributed by atoms with Crippen LogP contribution in [-0.4, -0.2) is 12.1 Å². The first kappa shape index (κ1) is 18.0. The van der Waals surface area contributed by atoms with Crippen LogP contribution in [0, 0.1) is 11.8 Å². The number of hydrogen-bond acceptors (Lipinski definition) is 1. The van der Waals surface area contributed by atoms with E-state index in [1.165, 1.54) is 77.2 Å². The molecule has 1 N–H and O–H groups in total. The van der Waals surface area contributed by atoms with Gasteiger partial charge in [0.2, 0.25) is 0 Å². The highest BCUT2D eigenvalue weighted by atomic mass is 15.2. The largest absolute Gasteiger partial charge is 0.308 e. The molecule has 1 heteroatoms. The van der Waals surface area contributed by atoms with Crippen molar-refractivity contribution in [1.29, 1.82) is 0 Å². The Balaban J connectivity index is 2.66. The molecule has 0 aromatic carbocycles. The maximum Gasteiger partial charge on any atom is 0.0363 e. The van der Waals surface area contributed by atoms with E-state index < -0.39 is 0 Å². The van der Waals surface area contributed by atoms with E-state index in [1.54, 1.807) is 0 Å². The molecule has 0 radical (unpaired) electrons. The fourth-order valence-electron chi connectivity index (χ4n) is 4.03. The Labute approximate surface area is 128 Å². The van der Waals surface area contributed by atoms with Gasteiger partial charge in [-0.2, -0.15) is 0 Å². The molecule has 1 nitrogen and oxygen atoms in total. The molecule has 0 aliphatic carbocycles. The highest BCUT2D eigenvalue weighted by Crippen LogP contribution is 2.44. The van der Waals surface area contributed by atoms with E-state index in [2.05, 4.69) is 33.0 Å². The van der Waals surface area contributed by atoms with Crippen molar-refractivity contribution in [2.24, 2.45) is 11.8 Å². The number of unbranched alkanes of at least 4 members (excludes halogenated alkanes) is 3. The predicted molar refractivity (Wildman–Crippen MR) is 91.2 cm³/mol. The molecule has 2 unspecified atom stereocenters. The zero-order chi connectivity index (χ0) is 14.8. The topological polar surface area (TPSA) is 21.9 Å². The maximum absolute atomic E-state index is 3.86. The molecular weight excluding hydrogens is 242 g/mol. The van der Waals surface area contributed by atoms with Gasteiger partial charge in [0.15, 0.2) is 0 Å². The highest BCUT2D eigenvalue weighted by molar-refractivity contribution is 5.12. The van der Waals surface area contributed by atoms with E-state index in [0.29, 0.717) is 5.54 Å². The summed E-state index contributed by atoms with van der Waals surface area (Å²) in [7, 11) is 0. The van der Waals surface area contributed by atoms with Gasteiger partial charge in [0.05, 0.1) is 0 Å². The fourth-order valence-corrected chi connectivity index (χ4v) is 4.03. The summed E-state index contributed by atoms with van der Waals surface area (Å²) >= 11 is 0. The van der Waals surface area contributed by atoms with E-state index in [9.17, 15) is 0 Å². The van der Waals surface area contributed by atoms with Crippen molar-refractivity contribution in [1.82, 2.24) is 5.32 Å². The van der Waals surface area contributed by atoms with Crippen molar-refractivity contribution >= 4 is 0 Å². The minimum Gasteiger partial charge on any atom is -0.308 e. The highest BCUT2D eigenvalue weighted by Gasteiger charge is 2.52. The molecule has 1 saturated heterocycles. The summed E-state index contributed by atoms with van der Waals surface area (Å²) in [6, 6.07) is 0. The monoisotopic (exact) mass is 281 g/mol. The fraction of sp³-hybridized carbons (Fsp3) is 1.00. The summed E-state index contributed by atoms with van der Waals surface area (Å²) in [5.74, 6) is 1.88. The van der Waals surface area contributed by atoms with Crippen molar-refractivity contribution in [3.05, 3.63) is 0 Å². The van der Waals surface area contributed by atoms with E-state index in [1.807, 2.05) is 0 Å². The van der Waals surface area contributed by atoms with Gasteiger partial charge in [-0.15, -0.1) is 0 Å². The molecule has 0 bridgehead atoms. The summed E-state index contributed by atoms with van der Waals surface area (Å²) in [5, 5.41) is 3.86. The Morgan fingerprint density at radius 3 is 1.40 bits per heavy atom. The minimum atomic E-state index is 0.537. The molecule has 2 atom stereocenters. The summed E-state index contributed by atoms with van der Waals surface area (Å²) in [4.78, 5) is 0. The first-order valence-electron chi connectivity index (χ1n) is 9.50. The lowest BCUT2D eigenvalue weighted by Gasteiger charge is -2.33. The van der Waals surface area contributed by atoms with Crippen LogP contribution in [0.5, 0.6) is 0 Å². The average Bonchev–Trinajstić information content (AvgIpc) is 3.25. The quantitative estimate of drug-likeness (QED) is 0.415. The number of hydrogen-bond donors (Lipinski definition) is 1. The molecule has 0 saturated carbocycles. The molecule has 0 aromatic heterocycles. The average molecular weight is 282 g/mol. The summed E-state index contributed by atoms with van der Waals surface area (Å²) in [6.07, 6.45) is 15.5. The van der Waals surface area contributed by atoms with Gasteiger partial charge >= 0.3 is 0 Å². The van der Waals surface area contributed by atoms with Crippen LogP contribution < -0.4 is 5.32 Å². The Morgan fingerprint density at radius 1 is 0.700 bits per heavy atom. The summed E-state index contributed by atoms with van der Waals surface area (Å²) in [5.41, 5.74) is 0.537. The van der Waals surface area contributed by atoms with Gasteiger partial charge in [0.25, 0.3) is 0 Å². The molecule has 0 aromatic rings. The van der Waals surface area contributed by atoms with Gasteiger partial charge in [-0.05, 0) is 37.5 Å². The third kappa shape index (κ3) is 5.06. The van der Waals surface area contributed by atoms with Gasteiger partial charge in [-0.25, -0.2) is 0 Å². The second-order valence-corrected chi connectivity index (χ2v) is 7.00. The zero-order valence-corrected chi connectivity index (χ0v) is 14.6. The maximum atomic E-state index is 3.86. The van der Waals surface area contributed by atoms with Crippen LogP contribution >= 0.6 is 0 Å². The molecular formula is C19H39N. The Bertz CT molecular complexity index is 224. The van der Waals surface area contributed by atoms with Crippen LogP contribution in [0.25, 0.3) is 0 Å². The molecule has 1 rings (SSSR count). The van der Waals surface area contributed by atoms with Gasteiger partial charge in [-0.3, -0.25) is 0 Å². The molecule has 20 heavy (non-hydrogen) atoms. The van der Waals surface area contributed by atoms with Gasteiger partial charge < -0.3 is 5.32 Å². The van der Waals surface area contributed by atoms with Gasteiger partial charge in [-0.1, -0.05) is 72.6 Å². The van der Waals surface area contributed by atoms with Crippen LogP contribution in [-0.2, 0) is 0 Å². The van der Waals surface area contributed by atoms with Gasteiger partial charge in [0, 0.05) is 12.1 Å². The summed E-state index contributed by atoms with van der Waals surface area (Å²) < 4.78 is 0. The number of rotatable bonds is 13. The first-order valence-corrected chi connectivity index (χ1v) is 9.50. The van der Waals surface area contributed by atoms with Crippen LogP contribution in [0.15, 0.2) is 0 Å². The molecule has 1 aliphatic rings. The van der Waals surface area contributed by atoms with E-state index >= 15 is 0 Å². The minimum absolute atomic E-state index is 0.537. The standard InChI is InChI=1S/C19H39N/c1-5-9-13-17(12-8-4)19(16-20-19)18(14-10-6-2)15-11-7-3/h17-18,20H,5-16H2,1-4H3. The summed E-state index contributed by atoms with van der Waals surface area (Å²) in [6.45, 7) is 10.7. The third-order valence-corrected chi connectivity index (χ3v) is 5.40. The van der Waals surface area contributed by atoms with Crippen LogP contribution in [0.2, 0.25) is 0 Å². The predicted octanol–water partition coefficient (Wildman–Crippen LogP) is 5.93. The Kier molecular flexibility index (Phi) is 8.84. The Morgan fingerprint density at radius 2 is 1.10 bits per heavy atom. The third-order valence-electron chi connectivity index (χ3n) is 5.40. The van der Waals surface area contributed by atoms with Crippen LogP contribution in [0.3, 0.4) is 0 Å². The molecule has 0 spiro atoms. The molecule has 0 amide bonds. The van der Waals surface area contributed by atoms with Crippen LogP contribution in [0.1, 0.15) is 98.3 Å². The van der Waals surface area contributed by atoms with Crippen molar-refractivity contribution < 1.29 is 0 Å². The Hall–Kier alpha value is -0.0400. The van der Waals surface area contributed by atoms with E-state index in [4.69, 9.17) is 0 Å². The molecule has 1 fully saturated rings. The van der Waals surface area contributed by atoms with Crippen molar-refractivity contribution in [3.63, 3.8) is 0 Å². The molecule has 120 valence electrons. The van der Waals surface area contributed by atoms with Crippen molar-refractivity contribution in [2.75, 3.05) is 6.54 Å². The molecule has 1 heterocycles. The lowest BCUT2D eigenvalue weighted by atomic mass is 9.72. The normalized spacial score (nSPS) is 23.2. The van der Waals surface area contributed by atoms with E-state index in [-0.39, 0.29) is 0 Å².